The molecule has 5 heteroatoms. The second-order valence-electron chi connectivity index (χ2n) is 6.78. The lowest BCUT2D eigenvalue weighted by Crippen LogP contribution is -2.36. The summed E-state index contributed by atoms with van der Waals surface area (Å²) in [7, 11) is 0. The van der Waals surface area contributed by atoms with E-state index in [2.05, 4.69) is 48.9 Å². The van der Waals surface area contributed by atoms with Crippen LogP contribution in [0.25, 0.3) is 11.3 Å². The highest BCUT2D eigenvalue weighted by atomic mass is 16.6. The maximum absolute atomic E-state index is 6.17. The molecule has 0 bridgehead atoms. The van der Waals surface area contributed by atoms with E-state index in [9.17, 15) is 0 Å². The van der Waals surface area contributed by atoms with Crippen molar-refractivity contribution in [2.45, 2.75) is 33.1 Å². The molecule has 2 aromatic rings. The van der Waals surface area contributed by atoms with Gasteiger partial charge in [-0.15, -0.1) is 0 Å². The summed E-state index contributed by atoms with van der Waals surface area (Å²) in [4.78, 5) is 14.2. The first-order valence-electron chi connectivity index (χ1n) is 7.84. The zero-order chi connectivity index (χ0) is 16.6. The van der Waals surface area contributed by atoms with Gasteiger partial charge in [0, 0.05) is 22.1 Å². The quantitative estimate of drug-likeness (QED) is 0.882. The first-order valence-corrected chi connectivity index (χ1v) is 7.84. The summed E-state index contributed by atoms with van der Waals surface area (Å²) >= 11 is 0. The summed E-state index contributed by atoms with van der Waals surface area (Å²) in [5, 5.41) is 4.46. The fourth-order valence-corrected chi connectivity index (χ4v) is 2.98. The molecule has 0 saturated carbocycles. The van der Waals surface area contributed by atoms with E-state index in [0.29, 0.717) is 18.3 Å². The number of hydrogen-bond donors (Lipinski definition) is 1. The molecule has 0 atom stereocenters. The Morgan fingerprint density at radius 3 is 2.57 bits per heavy atom. The van der Waals surface area contributed by atoms with E-state index in [1.54, 1.807) is 0 Å². The molecule has 1 heterocycles. The zero-order valence-corrected chi connectivity index (χ0v) is 14.0. The van der Waals surface area contributed by atoms with Crippen molar-refractivity contribution >= 4 is 11.5 Å². The highest BCUT2D eigenvalue weighted by Gasteiger charge is 2.40. The van der Waals surface area contributed by atoms with Gasteiger partial charge in [-0.1, -0.05) is 43.3 Å². The topological polar surface area (TPSA) is 73.4 Å². The maximum atomic E-state index is 6.17. The molecule has 0 fully saturated rings. The van der Waals surface area contributed by atoms with E-state index in [1.807, 2.05) is 18.2 Å². The number of nitrogens with two attached hydrogens (primary N) is 1. The number of oxime groups is 1. The molecular formula is C18H22N4O. The normalized spacial score (nSPS) is 17.0. The van der Waals surface area contributed by atoms with E-state index < -0.39 is 5.41 Å². The molecule has 0 unspecified atom stereocenters. The molecule has 0 radical (unpaired) electrons. The van der Waals surface area contributed by atoms with Gasteiger partial charge in [-0.2, -0.15) is 0 Å². The van der Waals surface area contributed by atoms with Crippen LogP contribution in [0.1, 0.15) is 38.8 Å². The Kier molecular flexibility index (Phi) is 3.80. The number of benzene rings is 1. The van der Waals surface area contributed by atoms with Crippen molar-refractivity contribution in [1.82, 2.24) is 9.97 Å². The Morgan fingerprint density at radius 2 is 1.87 bits per heavy atom. The van der Waals surface area contributed by atoms with Crippen molar-refractivity contribution in [2.75, 3.05) is 12.3 Å². The number of aromatic nitrogens is 2. The van der Waals surface area contributed by atoms with E-state index in [1.165, 1.54) is 6.33 Å². The molecule has 1 aliphatic rings. The van der Waals surface area contributed by atoms with Gasteiger partial charge in [0.1, 0.15) is 18.8 Å². The van der Waals surface area contributed by atoms with Gasteiger partial charge < -0.3 is 10.6 Å². The summed E-state index contributed by atoms with van der Waals surface area (Å²) in [6.45, 7) is 8.94. The van der Waals surface area contributed by atoms with Crippen LogP contribution in [0, 0.1) is 5.92 Å². The largest absolute Gasteiger partial charge is 0.395 e. The fourth-order valence-electron chi connectivity index (χ4n) is 2.98. The molecule has 1 aromatic carbocycles. The molecule has 120 valence electrons. The first-order chi connectivity index (χ1) is 10.9. The van der Waals surface area contributed by atoms with Gasteiger partial charge >= 0.3 is 0 Å². The Balaban J connectivity index is 2.21. The van der Waals surface area contributed by atoms with Gasteiger partial charge in [-0.05, 0) is 19.8 Å². The average molecular weight is 310 g/mol. The zero-order valence-electron chi connectivity index (χ0n) is 14.0. The Labute approximate surface area is 136 Å². The summed E-state index contributed by atoms with van der Waals surface area (Å²) in [5.74, 6) is 0.910. The molecule has 0 saturated heterocycles. The number of nitrogens with zero attached hydrogens (tertiary/aromatic N) is 3. The second-order valence-corrected chi connectivity index (χ2v) is 6.78. The third kappa shape index (κ3) is 2.56. The minimum atomic E-state index is -0.425. The lowest BCUT2D eigenvalue weighted by molar-refractivity contribution is 0.117. The van der Waals surface area contributed by atoms with Crippen LogP contribution < -0.4 is 5.73 Å². The predicted molar refractivity (Wildman–Crippen MR) is 92.2 cm³/mol. The number of nitrogen functional groups attached to an aromatic ring is 1. The molecule has 0 spiro atoms. The van der Waals surface area contributed by atoms with Crippen molar-refractivity contribution in [2.24, 2.45) is 11.1 Å². The molecular weight excluding hydrogens is 288 g/mol. The lowest BCUT2D eigenvalue weighted by atomic mass is 9.70. The van der Waals surface area contributed by atoms with Crippen LogP contribution in [0.3, 0.4) is 0 Å². The smallest absolute Gasteiger partial charge is 0.131 e. The number of hydrogen-bond acceptors (Lipinski definition) is 5. The molecule has 0 aliphatic heterocycles. The van der Waals surface area contributed by atoms with Crippen molar-refractivity contribution in [3.05, 3.63) is 41.7 Å². The predicted octanol–water partition coefficient (Wildman–Crippen LogP) is 3.39. The molecule has 3 rings (SSSR count). The standard InChI is InChI=1S/C18H22N4O/c1-11(2)9-23-22-16-13-8-6-5-7-12(13)15-14(18(16,3)4)17(19)21-10-20-15/h5-8,10-11H,9H2,1-4H3,(H2,19,20,21). The molecule has 0 amide bonds. The van der Waals surface area contributed by atoms with Crippen LogP contribution in [0.15, 0.2) is 35.7 Å². The van der Waals surface area contributed by atoms with Gasteiger partial charge in [0.25, 0.3) is 0 Å². The minimum Gasteiger partial charge on any atom is -0.395 e. The highest BCUT2D eigenvalue weighted by Crippen LogP contribution is 2.44. The first kappa shape index (κ1) is 15.5. The summed E-state index contributed by atoms with van der Waals surface area (Å²) < 4.78 is 0. The second kappa shape index (κ2) is 5.65. The van der Waals surface area contributed by atoms with Crippen molar-refractivity contribution in [1.29, 1.82) is 0 Å². The fraction of sp³-hybridized carbons (Fsp3) is 0.389. The summed E-state index contributed by atoms with van der Waals surface area (Å²) in [6.07, 6.45) is 1.51. The third-order valence-corrected chi connectivity index (χ3v) is 4.09. The number of rotatable bonds is 3. The number of anilines is 1. The van der Waals surface area contributed by atoms with Crippen LogP contribution in [0.2, 0.25) is 0 Å². The SMILES string of the molecule is CC(C)CON=C1c2ccccc2-c2ncnc(N)c2C1(C)C. The minimum absolute atomic E-state index is 0.419. The Bertz CT molecular complexity index is 765. The lowest BCUT2D eigenvalue weighted by Gasteiger charge is -2.34. The summed E-state index contributed by atoms with van der Waals surface area (Å²) in [6, 6.07) is 8.08. The van der Waals surface area contributed by atoms with E-state index in [-0.39, 0.29) is 0 Å². The number of fused-ring (bicyclic) bond motifs is 3. The van der Waals surface area contributed by atoms with Crippen LogP contribution in [-0.2, 0) is 10.3 Å². The van der Waals surface area contributed by atoms with Crippen LogP contribution >= 0.6 is 0 Å². The van der Waals surface area contributed by atoms with Crippen LogP contribution in [0.5, 0.6) is 0 Å². The maximum Gasteiger partial charge on any atom is 0.131 e. The summed E-state index contributed by atoms with van der Waals surface area (Å²) in [5.41, 5.74) is 10.4. The van der Waals surface area contributed by atoms with E-state index in [4.69, 9.17) is 10.6 Å². The molecule has 2 N–H and O–H groups in total. The highest BCUT2D eigenvalue weighted by molar-refractivity contribution is 6.15. The van der Waals surface area contributed by atoms with E-state index in [0.717, 1.165) is 28.1 Å². The van der Waals surface area contributed by atoms with Crippen molar-refractivity contribution in [3.63, 3.8) is 0 Å². The van der Waals surface area contributed by atoms with Crippen molar-refractivity contribution < 1.29 is 4.84 Å². The van der Waals surface area contributed by atoms with Gasteiger partial charge in [0.2, 0.25) is 0 Å². The van der Waals surface area contributed by atoms with Gasteiger partial charge in [0.15, 0.2) is 0 Å². The molecule has 23 heavy (non-hydrogen) atoms. The van der Waals surface area contributed by atoms with E-state index >= 15 is 0 Å². The van der Waals surface area contributed by atoms with Crippen LogP contribution in [-0.4, -0.2) is 22.3 Å². The molecule has 1 aromatic heterocycles. The van der Waals surface area contributed by atoms with Gasteiger partial charge in [-0.3, -0.25) is 0 Å². The Morgan fingerprint density at radius 1 is 1.17 bits per heavy atom. The van der Waals surface area contributed by atoms with Crippen molar-refractivity contribution in [3.8, 4) is 11.3 Å². The van der Waals surface area contributed by atoms with Gasteiger partial charge in [-0.25, -0.2) is 9.97 Å². The average Bonchev–Trinajstić information content (AvgIpc) is 2.50. The Hall–Kier alpha value is -2.43. The van der Waals surface area contributed by atoms with Gasteiger partial charge in [0.05, 0.1) is 11.4 Å². The third-order valence-electron chi connectivity index (χ3n) is 4.09. The molecule has 5 nitrogen and oxygen atoms in total. The molecule has 1 aliphatic carbocycles. The monoisotopic (exact) mass is 310 g/mol. The van der Waals surface area contributed by atoms with Crippen LogP contribution in [0.4, 0.5) is 5.82 Å².